The van der Waals surface area contributed by atoms with Crippen LogP contribution < -0.4 is 11.5 Å². The minimum Gasteiger partial charge on any atom is -0.328 e. The van der Waals surface area contributed by atoms with Crippen molar-refractivity contribution in [2.45, 2.75) is 56.0 Å². The van der Waals surface area contributed by atoms with Crippen LogP contribution in [0.1, 0.15) is 55.6 Å². The number of rotatable bonds is 2. The van der Waals surface area contributed by atoms with E-state index >= 15 is 0 Å². The molecule has 2 heteroatoms. The largest absolute Gasteiger partial charge is 0.328 e. The van der Waals surface area contributed by atoms with Gasteiger partial charge in [0.05, 0.1) is 0 Å². The molecular weight excluding hydrogens is 208 g/mol. The van der Waals surface area contributed by atoms with Crippen molar-refractivity contribution in [3.05, 3.63) is 35.4 Å². The van der Waals surface area contributed by atoms with Crippen LogP contribution in [0.5, 0.6) is 0 Å². The molecule has 92 valence electrons. The summed E-state index contributed by atoms with van der Waals surface area (Å²) in [7, 11) is 0. The topological polar surface area (TPSA) is 52.0 Å². The van der Waals surface area contributed by atoms with Crippen LogP contribution in [0.2, 0.25) is 0 Å². The molecule has 0 unspecified atom stereocenters. The predicted molar refractivity (Wildman–Crippen MR) is 70.7 cm³/mol. The third kappa shape index (κ3) is 2.24. The van der Waals surface area contributed by atoms with E-state index in [1.807, 2.05) is 0 Å². The fraction of sp³-hybridized carbons (Fsp3) is 0.600. The fourth-order valence-electron chi connectivity index (χ4n) is 2.95. The first-order valence-electron chi connectivity index (χ1n) is 6.82. The van der Waals surface area contributed by atoms with Gasteiger partial charge in [-0.1, -0.05) is 24.3 Å². The molecule has 0 heterocycles. The van der Waals surface area contributed by atoms with Gasteiger partial charge in [-0.25, -0.2) is 0 Å². The van der Waals surface area contributed by atoms with Crippen LogP contribution in [0, 0.1) is 0 Å². The van der Waals surface area contributed by atoms with Gasteiger partial charge >= 0.3 is 0 Å². The Morgan fingerprint density at radius 2 is 1.53 bits per heavy atom. The normalized spacial score (nSPS) is 33.6. The van der Waals surface area contributed by atoms with Crippen molar-refractivity contribution in [2.75, 3.05) is 0 Å². The summed E-state index contributed by atoms with van der Waals surface area (Å²) in [5.41, 5.74) is 15.1. The van der Waals surface area contributed by atoms with Crippen molar-refractivity contribution in [2.24, 2.45) is 11.5 Å². The lowest BCUT2D eigenvalue weighted by atomic mass is 9.76. The van der Waals surface area contributed by atoms with Gasteiger partial charge in [-0.2, -0.15) is 0 Å². The van der Waals surface area contributed by atoms with Crippen molar-refractivity contribution >= 4 is 0 Å². The highest BCUT2D eigenvalue weighted by atomic mass is 14.8. The Morgan fingerprint density at radius 3 is 2.06 bits per heavy atom. The summed E-state index contributed by atoms with van der Waals surface area (Å²) < 4.78 is 0. The van der Waals surface area contributed by atoms with Crippen LogP contribution in [0.4, 0.5) is 0 Å². The maximum Gasteiger partial charge on any atom is 0.0410 e. The second-order valence-electron chi connectivity index (χ2n) is 5.89. The molecule has 1 aromatic rings. The molecule has 3 rings (SSSR count). The Labute approximate surface area is 103 Å². The molecule has 1 aromatic carbocycles. The minimum absolute atomic E-state index is 0.127. The van der Waals surface area contributed by atoms with E-state index in [1.165, 1.54) is 24.0 Å². The summed E-state index contributed by atoms with van der Waals surface area (Å²) in [4.78, 5) is 0. The zero-order valence-electron chi connectivity index (χ0n) is 10.4. The van der Waals surface area contributed by atoms with Crippen LogP contribution in [-0.4, -0.2) is 6.04 Å². The predicted octanol–water partition coefficient (Wildman–Crippen LogP) is 2.62. The number of hydrogen-bond acceptors (Lipinski definition) is 2. The summed E-state index contributed by atoms with van der Waals surface area (Å²) in [6.45, 7) is 0. The van der Waals surface area contributed by atoms with E-state index in [0.717, 1.165) is 31.6 Å². The van der Waals surface area contributed by atoms with E-state index in [1.54, 1.807) is 0 Å². The lowest BCUT2D eigenvalue weighted by Gasteiger charge is -2.36. The average Bonchev–Trinajstić information content (AvgIpc) is 3.18. The SMILES string of the molecule is NC1CCC(N)(c2ccc(C3CC3)cc2)CC1. The van der Waals surface area contributed by atoms with E-state index < -0.39 is 0 Å². The maximum absolute atomic E-state index is 6.53. The van der Waals surface area contributed by atoms with Crippen LogP contribution in [0.3, 0.4) is 0 Å². The fourth-order valence-corrected chi connectivity index (χ4v) is 2.95. The lowest BCUT2D eigenvalue weighted by Crippen LogP contribution is -2.43. The Balaban J connectivity index is 1.78. The van der Waals surface area contributed by atoms with E-state index in [4.69, 9.17) is 11.5 Å². The second kappa shape index (κ2) is 4.11. The molecule has 2 fully saturated rings. The van der Waals surface area contributed by atoms with Gasteiger partial charge < -0.3 is 11.5 Å². The minimum atomic E-state index is -0.127. The molecule has 2 saturated carbocycles. The van der Waals surface area contributed by atoms with Gasteiger partial charge in [0.2, 0.25) is 0 Å². The number of nitrogens with two attached hydrogens (primary N) is 2. The Hall–Kier alpha value is -0.860. The van der Waals surface area contributed by atoms with E-state index in [9.17, 15) is 0 Å². The van der Waals surface area contributed by atoms with E-state index in [2.05, 4.69) is 24.3 Å². The molecule has 0 bridgehead atoms. The first kappa shape index (κ1) is 11.2. The molecule has 0 amide bonds. The van der Waals surface area contributed by atoms with Crippen LogP contribution in [0.15, 0.2) is 24.3 Å². The third-order valence-electron chi connectivity index (χ3n) is 4.46. The summed E-state index contributed by atoms with van der Waals surface area (Å²) >= 11 is 0. The van der Waals surface area contributed by atoms with Gasteiger partial charge in [0.25, 0.3) is 0 Å². The van der Waals surface area contributed by atoms with Crippen molar-refractivity contribution < 1.29 is 0 Å². The van der Waals surface area contributed by atoms with Gasteiger partial charge in [-0.15, -0.1) is 0 Å². The first-order valence-corrected chi connectivity index (χ1v) is 6.82. The molecule has 2 aliphatic carbocycles. The molecule has 0 aliphatic heterocycles. The van der Waals surface area contributed by atoms with Gasteiger partial charge in [-0.05, 0) is 55.6 Å². The molecule has 2 nitrogen and oxygen atoms in total. The maximum atomic E-state index is 6.53. The summed E-state index contributed by atoms with van der Waals surface area (Å²) in [6.07, 6.45) is 6.89. The van der Waals surface area contributed by atoms with E-state index in [-0.39, 0.29) is 5.54 Å². The summed E-state index contributed by atoms with van der Waals surface area (Å²) in [5, 5.41) is 0. The molecule has 0 aromatic heterocycles. The second-order valence-corrected chi connectivity index (χ2v) is 5.89. The highest BCUT2D eigenvalue weighted by Gasteiger charge is 2.32. The van der Waals surface area contributed by atoms with Gasteiger partial charge in [-0.3, -0.25) is 0 Å². The molecule has 0 atom stereocenters. The smallest absolute Gasteiger partial charge is 0.0410 e. The Bertz CT molecular complexity index is 384. The monoisotopic (exact) mass is 230 g/mol. The molecule has 0 spiro atoms. The van der Waals surface area contributed by atoms with E-state index in [0.29, 0.717) is 6.04 Å². The Kier molecular flexibility index (Phi) is 2.72. The third-order valence-corrected chi connectivity index (χ3v) is 4.46. The average molecular weight is 230 g/mol. The molecule has 2 aliphatic rings. The molecular formula is C15H22N2. The quantitative estimate of drug-likeness (QED) is 0.820. The first-order chi connectivity index (χ1) is 8.17. The number of benzene rings is 1. The van der Waals surface area contributed by atoms with Crippen molar-refractivity contribution in [3.8, 4) is 0 Å². The molecule has 0 radical (unpaired) electrons. The molecule has 17 heavy (non-hydrogen) atoms. The standard InChI is InChI=1S/C15H22N2/c16-14-7-9-15(17,10-8-14)13-5-3-12(4-6-13)11-1-2-11/h3-6,11,14H,1-2,7-10,16-17H2. The van der Waals surface area contributed by atoms with Crippen LogP contribution in [0.25, 0.3) is 0 Å². The molecule has 0 saturated heterocycles. The van der Waals surface area contributed by atoms with Crippen LogP contribution in [-0.2, 0) is 5.54 Å². The van der Waals surface area contributed by atoms with Crippen LogP contribution >= 0.6 is 0 Å². The van der Waals surface area contributed by atoms with Gasteiger partial charge in [0, 0.05) is 11.6 Å². The van der Waals surface area contributed by atoms with Crippen molar-refractivity contribution in [3.63, 3.8) is 0 Å². The zero-order chi connectivity index (χ0) is 11.9. The van der Waals surface area contributed by atoms with Gasteiger partial charge in [0.15, 0.2) is 0 Å². The summed E-state index contributed by atoms with van der Waals surface area (Å²) in [5.74, 6) is 0.831. The van der Waals surface area contributed by atoms with Crippen molar-refractivity contribution in [1.82, 2.24) is 0 Å². The van der Waals surface area contributed by atoms with Crippen molar-refractivity contribution in [1.29, 1.82) is 0 Å². The molecule has 4 N–H and O–H groups in total. The lowest BCUT2D eigenvalue weighted by molar-refractivity contribution is 0.277. The highest BCUT2D eigenvalue weighted by molar-refractivity contribution is 5.32. The summed E-state index contributed by atoms with van der Waals surface area (Å²) in [6, 6.07) is 9.39. The Morgan fingerprint density at radius 1 is 0.941 bits per heavy atom. The number of hydrogen-bond donors (Lipinski definition) is 2. The highest BCUT2D eigenvalue weighted by Crippen LogP contribution is 2.41. The van der Waals surface area contributed by atoms with Gasteiger partial charge in [0.1, 0.15) is 0 Å². The zero-order valence-corrected chi connectivity index (χ0v) is 10.4.